The minimum Gasteiger partial charge on any atom is -0.312 e. The molecule has 1 N–H and O–H groups in total. The van der Waals surface area contributed by atoms with Gasteiger partial charge in [-0.15, -0.1) is 0 Å². The van der Waals surface area contributed by atoms with Gasteiger partial charge in [-0.3, -0.25) is 4.90 Å². The van der Waals surface area contributed by atoms with Crippen molar-refractivity contribution < 1.29 is 0 Å². The predicted octanol–water partition coefficient (Wildman–Crippen LogP) is 2.39. The molecular formula is C14H26N2. The summed E-state index contributed by atoms with van der Waals surface area (Å²) in [6.07, 6.45) is 10.1. The van der Waals surface area contributed by atoms with Crippen molar-refractivity contribution in [2.75, 3.05) is 19.6 Å². The first-order valence-corrected chi connectivity index (χ1v) is 7.29. The quantitative estimate of drug-likeness (QED) is 0.742. The number of nitrogens with one attached hydrogen (secondary N) is 1. The third kappa shape index (κ3) is 2.43. The Hall–Kier alpha value is -0.0800. The Morgan fingerprint density at radius 3 is 2.69 bits per heavy atom. The lowest BCUT2D eigenvalue weighted by atomic mass is 10.0. The van der Waals surface area contributed by atoms with Crippen molar-refractivity contribution >= 4 is 0 Å². The van der Waals surface area contributed by atoms with E-state index in [2.05, 4.69) is 17.1 Å². The molecule has 0 bridgehead atoms. The Labute approximate surface area is 99.8 Å². The summed E-state index contributed by atoms with van der Waals surface area (Å²) in [6.45, 7) is 6.30. The lowest BCUT2D eigenvalue weighted by Crippen LogP contribution is -2.36. The van der Waals surface area contributed by atoms with E-state index >= 15 is 0 Å². The summed E-state index contributed by atoms with van der Waals surface area (Å²) < 4.78 is 0. The molecule has 0 aromatic heterocycles. The summed E-state index contributed by atoms with van der Waals surface area (Å²) >= 11 is 0. The molecule has 92 valence electrons. The van der Waals surface area contributed by atoms with Crippen LogP contribution < -0.4 is 5.32 Å². The molecule has 0 radical (unpaired) electrons. The average Bonchev–Trinajstić information content (AvgIpc) is 3.20. The summed E-state index contributed by atoms with van der Waals surface area (Å²) in [4.78, 5) is 2.71. The first-order valence-electron chi connectivity index (χ1n) is 7.29. The molecule has 3 aliphatic rings. The van der Waals surface area contributed by atoms with E-state index in [0.29, 0.717) is 0 Å². The second-order valence-electron chi connectivity index (χ2n) is 6.34. The van der Waals surface area contributed by atoms with Crippen LogP contribution in [0.4, 0.5) is 0 Å². The molecule has 2 aliphatic carbocycles. The van der Waals surface area contributed by atoms with Gasteiger partial charge in [0.25, 0.3) is 0 Å². The molecule has 1 heterocycles. The van der Waals surface area contributed by atoms with E-state index in [4.69, 9.17) is 0 Å². The maximum atomic E-state index is 3.84. The van der Waals surface area contributed by atoms with Crippen LogP contribution in [0.3, 0.4) is 0 Å². The van der Waals surface area contributed by atoms with E-state index in [-0.39, 0.29) is 0 Å². The Kier molecular flexibility index (Phi) is 2.97. The summed E-state index contributed by atoms with van der Waals surface area (Å²) in [5.74, 6) is 0. The fraction of sp³-hybridized carbons (Fsp3) is 1.00. The minimum absolute atomic E-state index is 0.724. The molecule has 1 unspecified atom stereocenters. The molecule has 0 amide bonds. The molecule has 2 saturated carbocycles. The highest BCUT2D eigenvalue weighted by Crippen LogP contribution is 2.49. The van der Waals surface area contributed by atoms with Gasteiger partial charge in [-0.25, -0.2) is 0 Å². The summed E-state index contributed by atoms with van der Waals surface area (Å²) in [5, 5.41) is 3.84. The van der Waals surface area contributed by atoms with Crippen molar-refractivity contribution in [2.45, 2.75) is 64.0 Å². The van der Waals surface area contributed by atoms with Crippen molar-refractivity contribution in [3.63, 3.8) is 0 Å². The number of hydrogen-bond donors (Lipinski definition) is 1. The third-order valence-electron chi connectivity index (χ3n) is 4.79. The standard InChI is InChI=1S/C14H26N2/c1-2-6-14(7-8-14)11-15-12-5-9-16(10-12)13-3-4-13/h12-13,15H,2-11H2,1H3. The zero-order valence-electron chi connectivity index (χ0n) is 10.7. The van der Waals surface area contributed by atoms with E-state index in [1.165, 1.54) is 64.6 Å². The van der Waals surface area contributed by atoms with Crippen LogP contribution in [0.2, 0.25) is 0 Å². The number of hydrogen-bond acceptors (Lipinski definition) is 2. The van der Waals surface area contributed by atoms with Crippen LogP contribution in [0, 0.1) is 5.41 Å². The van der Waals surface area contributed by atoms with Crippen molar-refractivity contribution in [1.29, 1.82) is 0 Å². The fourth-order valence-electron chi connectivity index (χ4n) is 3.31. The zero-order chi connectivity index (χ0) is 11.0. The SMILES string of the molecule is CCCC1(CNC2CCN(C3CC3)C2)CC1. The Morgan fingerprint density at radius 2 is 2.06 bits per heavy atom. The summed E-state index contributed by atoms with van der Waals surface area (Å²) in [7, 11) is 0. The molecule has 1 atom stereocenters. The van der Waals surface area contributed by atoms with Gasteiger partial charge in [0, 0.05) is 31.7 Å². The van der Waals surface area contributed by atoms with E-state index in [1.54, 1.807) is 0 Å². The summed E-state index contributed by atoms with van der Waals surface area (Å²) in [6, 6.07) is 1.77. The van der Waals surface area contributed by atoms with E-state index < -0.39 is 0 Å². The lowest BCUT2D eigenvalue weighted by Gasteiger charge is -2.20. The fourth-order valence-corrected chi connectivity index (χ4v) is 3.31. The molecule has 16 heavy (non-hydrogen) atoms. The average molecular weight is 222 g/mol. The predicted molar refractivity (Wildman–Crippen MR) is 67.6 cm³/mol. The topological polar surface area (TPSA) is 15.3 Å². The second-order valence-corrected chi connectivity index (χ2v) is 6.34. The molecule has 2 nitrogen and oxygen atoms in total. The van der Waals surface area contributed by atoms with Crippen LogP contribution in [-0.4, -0.2) is 36.6 Å². The highest BCUT2D eigenvalue weighted by molar-refractivity contribution is 4.97. The molecule has 0 aromatic carbocycles. The largest absolute Gasteiger partial charge is 0.312 e. The normalized spacial score (nSPS) is 33.2. The van der Waals surface area contributed by atoms with E-state index in [9.17, 15) is 0 Å². The smallest absolute Gasteiger partial charge is 0.0207 e. The van der Waals surface area contributed by atoms with Gasteiger partial charge < -0.3 is 5.32 Å². The van der Waals surface area contributed by atoms with Gasteiger partial charge in [-0.05, 0) is 43.9 Å². The highest BCUT2D eigenvalue weighted by Gasteiger charge is 2.42. The van der Waals surface area contributed by atoms with E-state index in [0.717, 1.165) is 17.5 Å². The second kappa shape index (κ2) is 4.30. The van der Waals surface area contributed by atoms with Crippen LogP contribution in [0.25, 0.3) is 0 Å². The van der Waals surface area contributed by atoms with Gasteiger partial charge in [0.05, 0.1) is 0 Å². The van der Waals surface area contributed by atoms with Crippen molar-refractivity contribution in [3.05, 3.63) is 0 Å². The molecular weight excluding hydrogens is 196 g/mol. The van der Waals surface area contributed by atoms with Crippen molar-refractivity contribution in [2.24, 2.45) is 5.41 Å². The molecule has 0 spiro atoms. The van der Waals surface area contributed by atoms with Gasteiger partial charge in [0.2, 0.25) is 0 Å². The van der Waals surface area contributed by atoms with Gasteiger partial charge in [-0.2, -0.15) is 0 Å². The van der Waals surface area contributed by atoms with Gasteiger partial charge >= 0.3 is 0 Å². The molecule has 3 fully saturated rings. The number of rotatable bonds is 6. The molecule has 1 saturated heterocycles. The van der Waals surface area contributed by atoms with Crippen LogP contribution >= 0.6 is 0 Å². The Bertz CT molecular complexity index is 243. The number of likely N-dealkylation sites (tertiary alicyclic amines) is 1. The highest BCUT2D eigenvalue weighted by atomic mass is 15.2. The van der Waals surface area contributed by atoms with Crippen molar-refractivity contribution in [3.8, 4) is 0 Å². The first-order chi connectivity index (χ1) is 7.81. The lowest BCUT2D eigenvalue weighted by molar-refractivity contribution is 0.311. The van der Waals surface area contributed by atoms with Gasteiger partial charge in [0.15, 0.2) is 0 Å². The van der Waals surface area contributed by atoms with Crippen LogP contribution in [0.5, 0.6) is 0 Å². The minimum atomic E-state index is 0.724. The van der Waals surface area contributed by atoms with Gasteiger partial charge in [-0.1, -0.05) is 13.3 Å². The van der Waals surface area contributed by atoms with Crippen molar-refractivity contribution in [1.82, 2.24) is 10.2 Å². The summed E-state index contributed by atoms with van der Waals surface area (Å²) in [5.41, 5.74) is 0.724. The molecule has 0 aromatic rings. The molecule has 2 heteroatoms. The molecule has 1 aliphatic heterocycles. The number of nitrogens with zero attached hydrogens (tertiary/aromatic N) is 1. The maximum absolute atomic E-state index is 3.84. The van der Waals surface area contributed by atoms with E-state index in [1.807, 2.05) is 0 Å². The van der Waals surface area contributed by atoms with Crippen LogP contribution in [0.15, 0.2) is 0 Å². The van der Waals surface area contributed by atoms with Gasteiger partial charge in [0.1, 0.15) is 0 Å². The monoisotopic (exact) mass is 222 g/mol. The van der Waals surface area contributed by atoms with Crippen LogP contribution in [-0.2, 0) is 0 Å². The Morgan fingerprint density at radius 1 is 1.25 bits per heavy atom. The third-order valence-corrected chi connectivity index (χ3v) is 4.79. The van der Waals surface area contributed by atoms with Crippen LogP contribution in [0.1, 0.15) is 51.9 Å². The maximum Gasteiger partial charge on any atom is 0.0207 e. The molecule has 3 rings (SSSR count). The Balaban J connectivity index is 1.39. The first kappa shape index (κ1) is 11.0. The zero-order valence-corrected chi connectivity index (χ0v) is 10.7.